The Kier molecular flexibility index (Phi) is 27.5. The monoisotopic (exact) mass is 916 g/mol. The number of aromatic nitrogens is 1. The predicted molar refractivity (Wildman–Crippen MR) is 247 cm³/mol. The third-order valence-corrected chi connectivity index (χ3v) is 9.85. The Bertz CT molecular complexity index is 1890. The van der Waals surface area contributed by atoms with E-state index in [0.29, 0.717) is 63.1 Å². The molecule has 0 fully saturated rings. The van der Waals surface area contributed by atoms with Crippen molar-refractivity contribution < 1.29 is 61.8 Å². The molecule has 0 radical (unpaired) electrons. The quantitative estimate of drug-likeness (QED) is 0.0279. The van der Waals surface area contributed by atoms with Crippen molar-refractivity contribution in [3.8, 4) is 11.3 Å². The number of nitrogens with one attached hydrogen (secondary N) is 2. The summed E-state index contributed by atoms with van der Waals surface area (Å²) in [5, 5.41) is 33.2. The van der Waals surface area contributed by atoms with Gasteiger partial charge >= 0.3 is 6.18 Å². The van der Waals surface area contributed by atoms with Crippen LogP contribution in [0.15, 0.2) is 96.7 Å². The lowest BCUT2D eigenvalue weighted by atomic mass is 10.0. The number of amides is 1. The first-order valence-electron chi connectivity index (χ1n) is 21.6. The van der Waals surface area contributed by atoms with Gasteiger partial charge in [0.15, 0.2) is 0 Å². The van der Waals surface area contributed by atoms with E-state index in [1.165, 1.54) is 13.0 Å². The predicted octanol–water partition coefficient (Wildman–Crippen LogP) is 6.22. The van der Waals surface area contributed by atoms with E-state index in [-0.39, 0.29) is 25.3 Å². The lowest BCUT2D eigenvalue weighted by Gasteiger charge is -2.27. The number of aliphatic hydroxyl groups excluding tert-OH is 3. The highest BCUT2D eigenvalue weighted by Crippen LogP contribution is 2.32. The first-order valence-corrected chi connectivity index (χ1v) is 21.6. The highest BCUT2D eigenvalue weighted by molar-refractivity contribution is 5.95. The number of hydrogen-bond acceptors (Lipinski definition) is 13. The van der Waals surface area contributed by atoms with Gasteiger partial charge in [-0.1, -0.05) is 36.9 Å². The van der Waals surface area contributed by atoms with E-state index < -0.39 is 43.1 Å². The van der Waals surface area contributed by atoms with Gasteiger partial charge in [-0.05, 0) is 87.2 Å². The Morgan fingerprint density at radius 1 is 0.846 bits per heavy atom. The summed E-state index contributed by atoms with van der Waals surface area (Å²) in [4.78, 5) is 30.2. The lowest BCUT2D eigenvalue weighted by Crippen LogP contribution is -2.45. The number of benzene rings is 2. The van der Waals surface area contributed by atoms with Crippen LogP contribution in [-0.4, -0.2) is 150 Å². The number of carbonyl (C=O) groups is 2. The number of rotatable bonds is 31. The van der Waals surface area contributed by atoms with Gasteiger partial charge in [0.1, 0.15) is 11.9 Å². The molecule has 2 aromatic carbocycles. The SMILES string of the molecule is C=C/C(=C\C(=C/C)C(F)(F)F)CNC(=O)c1ccnc(-c2cc(N(CC)CC)ccc2NC)c1.O=Cc1cccc(CCCOCCOCCOCCOCCOC(CO)(CO)CO)c1. The Labute approximate surface area is 381 Å². The first kappa shape index (κ1) is 56.2. The van der Waals surface area contributed by atoms with Gasteiger partial charge in [-0.3, -0.25) is 14.6 Å². The van der Waals surface area contributed by atoms with Gasteiger partial charge in [0.25, 0.3) is 5.91 Å². The molecule has 0 unspecified atom stereocenters. The molecule has 0 bridgehead atoms. The van der Waals surface area contributed by atoms with Crippen LogP contribution in [0.5, 0.6) is 0 Å². The minimum absolute atomic E-state index is 0.0907. The van der Waals surface area contributed by atoms with Crippen LogP contribution < -0.4 is 15.5 Å². The molecule has 17 heteroatoms. The molecule has 0 saturated heterocycles. The number of anilines is 2. The molecule has 0 spiro atoms. The van der Waals surface area contributed by atoms with E-state index in [4.69, 9.17) is 39.0 Å². The Morgan fingerprint density at radius 3 is 2.00 bits per heavy atom. The number of nitrogens with zero attached hydrogens (tertiary/aromatic N) is 2. The van der Waals surface area contributed by atoms with Crippen LogP contribution in [0.1, 0.15) is 53.5 Å². The van der Waals surface area contributed by atoms with Crippen LogP contribution in [0.25, 0.3) is 11.3 Å². The van der Waals surface area contributed by atoms with Gasteiger partial charge in [-0.15, -0.1) is 0 Å². The summed E-state index contributed by atoms with van der Waals surface area (Å²) in [5.74, 6) is -0.420. The zero-order chi connectivity index (χ0) is 47.9. The maximum Gasteiger partial charge on any atom is 0.416 e. The fraction of sp³-hybridized carbons (Fsp3) is 0.479. The molecule has 360 valence electrons. The number of aliphatic hydroxyl groups is 3. The fourth-order valence-electron chi connectivity index (χ4n) is 6.03. The number of aryl methyl sites for hydroxylation is 1. The first-order chi connectivity index (χ1) is 31.4. The molecule has 65 heavy (non-hydrogen) atoms. The third kappa shape index (κ3) is 20.8. The van der Waals surface area contributed by atoms with E-state index >= 15 is 0 Å². The molecule has 0 aliphatic heterocycles. The molecule has 1 heterocycles. The van der Waals surface area contributed by atoms with Crippen LogP contribution in [0.4, 0.5) is 24.5 Å². The van der Waals surface area contributed by atoms with Crippen molar-refractivity contribution in [3.05, 3.63) is 113 Å². The number of carbonyl (C=O) groups excluding carboxylic acids is 2. The maximum atomic E-state index is 13.0. The molecule has 0 saturated carbocycles. The van der Waals surface area contributed by atoms with Crippen molar-refractivity contribution in [2.24, 2.45) is 0 Å². The third-order valence-electron chi connectivity index (χ3n) is 9.85. The standard InChI is InChI=1S/C26H31F3N4O.C22H36O9/c1-6-18(14-20(7-2)26(27,28)29)17-32-25(34)19-12-13-31-24(15-19)22-16-21(33(8-3)9-4)10-11-23(22)30-5;23-16-21-4-1-3-20(15-21)5-2-6-27-7-8-28-9-10-29-11-12-30-13-14-31-22(17-24,18-25)19-26/h6-7,10-16,30H,1,8-9,17H2,2-5H3,(H,32,34);1,3-4,15-16,24-26H,2,5-14,17-19H2/b18-14+,20-7+;. The lowest BCUT2D eigenvalue weighted by molar-refractivity contribution is -0.143. The highest BCUT2D eigenvalue weighted by atomic mass is 19.4. The summed E-state index contributed by atoms with van der Waals surface area (Å²) in [5.41, 5.74) is 3.66. The minimum Gasteiger partial charge on any atom is -0.393 e. The second-order valence-corrected chi connectivity index (χ2v) is 14.4. The van der Waals surface area contributed by atoms with Crippen molar-refractivity contribution >= 4 is 23.6 Å². The molecular weight excluding hydrogens is 850 g/mol. The average molecular weight is 917 g/mol. The highest BCUT2D eigenvalue weighted by Gasteiger charge is 2.31. The smallest absolute Gasteiger partial charge is 0.393 e. The largest absolute Gasteiger partial charge is 0.416 e. The van der Waals surface area contributed by atoms with Crippen molar-refractivity contribution in [1.82, 2.24) is 10.3 Å². The average Bonchev–Trinajstić information content (AvgIpc) is 3.33. The van der Waals surface area contributed by atoms with Crippen molar-refractivity contribution in [1.29, 1.82) is 0 Å². The molecule has 3 aromatic rings. The van der Waals surface area contributed by atoms with Crippen molar-refractivity contribution in [2.75, 3.05) is 116 Å². The van der Waals surface area contributed by atoms with Crippen molar-refractivity contribution in [2.45, 2.75) is 45.4 Å². The minimum atomic E-state index is -4.47. The van der Waals surface area contributed by atoms with E-state index in [0.717, 1.165) is 66.9 Å². The zero-order valence-electron chi connectivity index (χ0n) is 38.0. The number of alkyl halides is 3. The van der Waals surface area contributed by atoms with E-state index in [1.807, 2.05) is 43.4 Å². The Balaban J connectivity index is 0.000000449. The second-order valence-electron chi connectivity index (χ2n) is 14.4. The van der Waals surface area contributed by atoms with Gasteiger partial charge < -0.3 is 54.5 Å². The molecule has 3 rings (SSSR count). The van der Waals surface area contributed by atoms with Crippen LogP contribution >= 0.6 is 0 Å². The summed E-state index contributed by atoms with van der Waals surface area (Å²) in [7, 11) is 1.82. The van der Waals surface area contributed by atoms with Gasteiger partial charge in [0.2, 0.25) is 0 Å². The number of aldehydes is 1. The van der Waals surface area contributed by atoms with Crippen molar-refractivity contribution in [3.63, 3.8) is 0 Å². The molecule has 0 atom stereocenters. The number of ether oxygens (including phenoxy) is 5. The van der Waals surface area contributed by atoms with Crippen LogP contribution in [0.3, 0.4) is 0 Å². The Hall–Kier alpha value is -4.98. The molecule has 0 aliphatic carbocycles. The van der Waals surface area contributed by atoms with Crippen LogP contribution in [0.2, 0.25) is 0 Å². The van der Waals surface area contributed by atoms with Gasteiger partial charge in [0, 0.05) is 67.6 Å². The summed E-state index contributed by atoms with van der Waals surface area (Å²) < 4.78 is 66.0. The van der Waals surface area contributed by atoms with E-state index in [1.54, 1.807) is 24.4 Å². The summed E-state index contributed by atoms with van der Waals surface area (Å²) in [6.45, 7) is 13.0. The molecule has 14 nitrogen and oxygen atoms in total. The number of allylic oxidation sites excluding steroid dienone is 3. The van der Waals surface area contributed by atoms with Crippen LogP contribution in [-0.2, 0) is 30.1 Å². The number of hydrogen-bond donors (Lipinski definition) is 5. The fourth-order valence-corrected chi connectivity index (χ4v) is 6.03. The Morgan fingerprint density at radius 2 is 1.46 bits per heavy atom. The number of halogens is 3. The van der Waals surface area contributed by atoms with Crippen LogP contribution in [0, 0.1) is 0 Å². The second kappa shape index (κ2) is 31.8. The number of pyridine rings is 1. The molecule has 1 aromatic heterocycles. The maximum absolute atomic E-state index is 13.0. The van der Waals surface area contributed by atoms with E-state index in [9.17, 15) is 22.8 Å². The van der Waals surface area contributed by atoms with Gasteiger partial charge in [-0.25, -0.2) is 0 Å². The van der Waals surface area contributed by atoms with E-state index in [2.05, 4.69) is 40.9 Å². The molecular formula is C48H67F3N4O10. The summed E-state index contributed by atoms with van der Waals surface area (Å²) in [6.07, 6.45) is 2.93. The zero-order valence-corrected chi connectivity index (χ0v) is 38.0. The normalized spacial score (nSPS) is 12.0. The summed E-state index contributed by atoms with van der Waals surface area (Å²) in [6, 6.07) is 16.8. The van der Waals surface area contributed by atoms with Gasteiger partial charge in [0.05, 0.1) is 83.9 Å². The van der Waals surface area contributed by atoms with Gasteiger partial charge in [-0.2, -0.15) is 13.2 Å². The molecule has 1 amide bonds. The summed E-state index contributed by atoms with van der Waals surface area (Å²) >= 11 is 0. The molecule has 0 aliphatic rings. The topological polar surface area (TPSA) is 181 Å². The molecule has 5 N–H and O–H groups in total.